The zero-order valence-electron chi connectivity index (χ0n) is 16.7. The van der Waals surface area contributed by atoms with Crippen molar-refractivity contribution < 1.29 is 23.9 Å². The van der Waals surface area contributed by atoms with Crippen LogP contribution in [0, 0.1) is 0 Å². The van der Waals surface area contributed by atoms with E-state index in [0.29, 0.717) is 37.6 Å². The molecule has 0 bridgehead atoms. The highest BCUT2D eigenvalue weighted by Crippen LogP contribution is 2.24. The lowest BCUT2D eigenvalue weighted by atomic mass is 10.1. The van der Waals surface area contributed by atoms with Crippen LogP contribution in [0.4, 0.5) is 5.69 Å². The standard InChI is InChI=1S/C20H29N3O5/c1-4-11-27-19(25)12-16-20(26)21-9-10-23(16)18(24)13-22-15-7-5-6-8-17(15)28-14(2)3/h5-8,14,16,22H,4,9-13H2,1-3H3,(H,21,26). The molecule has 1 aromatic rings. The molecule has 28 heavy (non-hydrogen) atoms. The monoisotopic (exact) mass is 391 g/mol. The SMILES string of the molecule is CCCOC(=O)CC1C(=O)NCCN1C(=O)CNc1ccccc1OC(C)C. The molecule has 1 heterocycles. The number of piperazine rings is 1. The Bertz CT molecular complexity index is 692. The van der Waals surface area contributed by atoms with Crippen LogP contribution in [0.15, 0.2) is 24.3 Å². The Morgan fingerprint density at radius 1 is 1.32 bits per heavy atom. The molecule has 1 aliphatic heterocycles. The second-order valence-electron chi connectivity index (χ2n) is 6.83. The fraction of sp³-hybridized carbons (Fsp3) is 0.550. The Kier molecular flexibility index (Phi) is 8.10. The van der Waals surface area contributed by atoms with E-state index in [1.807, 2.05) is 45.0 Å². The second-order valence-corrected chi connectivity index (χ2v) is 6.83. The summed E-state index contributed by atoms with van der Waals surface area (Å²) in [6, 6.07) is 6.51. The van der Waals surface area contributed by atoms with Crippen molar-refractivity contribution in [2.24, 2.45) is 0 Å². The van der Waals surface area contributed by atoms with Crippen molar-refractivity contribution in [2.45, 2.75) is 45.8 Å². The molecule has 0 aromatic heterocycles. The number of amides is 2. The number of ether oxygens (including phenoxy) is 2. The molecule has 2 amide bonds. The first-order valence-electron chi connectivity index (χ1n) is 9.64. The summed E-state index contributed by atoms with van der Waals surface area (Å²) < 4.78 is 10.8. The van der Waals surface area contributed by atoms with Crippen LogP contribution in [0.1, 0.15) is 33.6 Å². The van der Waals surface area contributed by atoms with Crippen LogP contribution in [0.5, 0.6) is 5.75 Å². The lowest BCUT2D eigenvalue weighted by Crippen LogP contribution is -2.58. The molecule has 0 saturated carbocycles. The van der Waals surface area contributed by atoms with Gasteiger partial charge in [0.25, 0.3) is 0 Å². The van der Waals surface area contributed by atoms with Crippen LogP contribution in [0.3, 0.4) is 0 Å². The third-order valence-corrected chi connectivity index (χ3v) is 4.16. The predicted octanol–water partition coefficient (Wildman–Crippen LogP) is 1.56. The largest absolute Gasteiger partial charge is 0.489 e. The second kappa shape index (κ2) is 10.5. The summed E-state index contributed by atoms with van der Waals surface area (Å²) in [7, 11) is 0. The summed E-state index contributed by atoms with van der Waals surface area (Å²) in [4.78, 5) is 38.3. The minimum absolute atomic E-state index is 0.00274. The zero-order valence-corrected chi connectivity index (χ0v) is 16.7. The van der Waals surface area contributed by atoms with Gasteiger partial charge in [0.15, 0.2) is 0 Å². The molecular formula is C20H29N3O5. The molecule has 0 spiro atoms. The predicted molar refractivity (Wildman–Crippen MR) is 105 cm³/mol. The van der Waals surface area contributed by atoms with Crippen molar-refractivity contribution in [1.82, 2.24) is 10.2 Å². The maximum Gasteiger partial charge on any atom is 0.308 e. The average molecular weight is 391 g/mol. The van der Waals surface area contributed by atoms with E-state index >= 15 is 0 Å². The van der Waals surface area contributed by atoms with E-state index < -0.39 is 12.0 Å². The summed E-state index contributed by atoms with van der Waals surface area (Å²) in [5.41, 5.74) is 0.699. The summed E-state index contributed by atoms with van der Waals surface area (Å²) in [6.45, 7) is 6.75. The van der Waals surface area contributed by atoms with E-state index in [1.165, 1.54) is 4.90 Å². The Morgan fingerprint density at radius 2 is 2.07 bits per heavy atom. The molecule has 8 nitrogen and oxygen atoms in total. The number of rotatable bonds is 9. The average Bonchev–Trinajstić information content (AvgIpc) is 2.66. The van der Waals surface area contributed by atoms with Crippen molar-refractivity contribution in [3.63, 3.8) is 0 Å². The first-order valence-corrected chi connectivity index (χ1v) is 9.64. The summed E-state index contributed by atoms with van der Waals surface area (Å²) in [6.07, 6.45) is 0.556. The highest BCUT2D eigenvalue weighted by atomic mass is 16.5. The number of esters is 1. The maximum absolute atomic E-state index is 12.7. The highest BCUT2D eigenvalue weighted by molar-refractivity contribution is 5.93. The molecule has 2 rings (SSSR count). The molecule has 1 fully saturated rings. The Hall–Kier alpha value is -2.77. The van der Waals surface area contributed by atoms with Crippen LogP contribution in [0.25, 0.3) is 0 Å². The topological polar surface area (TPSA) is 97.0 Å². The molecule has 1 unspecified atom stereocenters. The van der Waals surface area contributed by atoms with Crippen LogP contribution in [-0.2, 0) is 19.1 Å². The van der Waals surface area contributed by atoms with Crippen LogP contribution >= 0.6 is 0 Å². The van der Waals surface area contributed by atoms with Gasteiger partial charge in [-0.3, -0.25) is 14.4 Å². The van der Waals surface area contributed by atoms with Crippen molar-refractivity contribution in [2.75, 3.05) is 31.6 Å². The summed E-state index contributed by atoms with van der Waals surface area (Å²) in [5.74, 6) is -0.425. The highest BCUT2D eigenvalue weighted by Gasteiger charge is 2.35. The van der Waals surface area contributed by atoms with Gasteiger partial charge in [-0.15, -0.1) is 0 Å². The van der Waals surface area contributed by atoms with E-state index in [1.54, 1.807) is 0 Å². The molecule has 2 N–H and O–H groups in total. The van der Waals surface area contributed by atoms with E-state index in [0.717, 1.165) is 0 Å². The number of nitrogens with one attached hydrogen (secondary N) is 2. The molecule has 0 aliphatic carbocycles. The van der Waals surface area contributed by atoms with Gasteiger partial charge in [0.1, 0.15) is 11.8 Å². The minimum atomic E-state index is -0.852. The van der Waals surface area contributed by atoms with Crippen LogP contribution in [0.2, 0.25) is 0 Å². The Balaban J connectivity index is 2.01. The van der Waals surface area contributed by atoms with Gasteiger partial charge in [0, 0.05) is 13.1 Å². The minimum Gasteiger partial charge on any atom is -0.489 e. The van der Waals surface area contributed by atoms with Gasteiger partial charge >= 0.3 is 5.97 Å². The lowest BCUT2D eigenvalue weighted by Gasteiger charge is -2.34. The number of nitrogens with zero attached hydrogens (tertiary/aromatic N) is 1. The number of hydrogen-bond acceptors (Lipinski definition) is 6. The van der Waals surface area contributed by atoms with Crippen molar-refractivity contribution in [3.8, 4) is 5.75 Å². The van der Waals surface area contributed by atoms with Crippen molar-refractivity contribution in [3.05, 3.63) is 24.3 Å². The fourth-order valence-corrected chi connectivity index (χ4v) is 2.89. The lowest BCUT2D eigenvalue weighted by molar-refractivity contribution is -0.151. The first kappa shape index (κ1) is 21.5. The van der Waals surface area contributed by atoms with Gasteiger partial charge in [-0.25, -0.2) is 0 Å². The van der Waals surface area contributed by atoms with Gasteiger partial charge < -0.3 is 25.0 Å². The van der Waals surface area contributed by atoms with E-state index in [4.69, 9.17) is 9.47 Å². The van der Waals surface area contributed by atoms with E-state index in [-0.39, 0.29) is 30.9 Å². The summed E-state index contributed by atoms with van der Waals surface area (Å²) >= 11 is 0. The Morgan fingerprint density at radius 3 is 2.79 bits per heavy atom. The normalized spacial score (nSPS) is 16.5. The molecule has 1 aliphatic rings. The molecule has 1 saturated heterocycles. The molecule has 1 aromatic carbocycles. The number of hydrogen-bond donors (Lipinski definition) is 2. The van der Waals surface area contributed by atoms with Gasteiger partial charge in [-0.1, -0.05) is 19.1 Å². The maximum atomic E-state index is 12.7. The number of benzene rings is 1. The molecule has 1 atom stereocenters. The number of carbonyl (C=O) groups excluding carboxylic acids is 3. The van der Waals surface area contributed by atoms with Crippen LogP contribution in [-0.4, -0.2) is 61.1 Å². The van der Waals surface area contributed by atoms with Gasteiger partial charge in [0.05, 0.1) is 31.4 Å². The first-order chi connectivity index (χ1) is 13.4. The fourth-order valence-electron chi connectivity index (χ4n) is 2.89. The Labute approximate surface area is 165 Å². The van der Waals surface area contributed by atoms with Gasteiger partial charge in [-0.2, -0.15) is 0 Å². The number of para-hydroxylation sites is 2. The third kappa shape index (κ3) is 6.14. The zero-order chi connectivity index (χ0) is 20.5. The van der Waals surface area contributed by atoms with Crippen LogP contribution < -0.4 is 15.4 Å². The van der Waals surface area contributed by atoms with E-state index in [9.17, 15) is 14.4 Å². The van der Waals surface area contributed by atoms with E-state index in [2.05, 4.69) is 10.6 Å². The van der Waals surface area contributed by atoms with Gasteiger partial charge in [-0.05, 0) is 32.4 Å². The van der Waals surface area contributed by atoms with Gasteiger partial charge in [0.2, 0.25) is 11.8 Å². The number of carbonyl (C=O) groups is 3. The van der Waals surface area contributed by atoms with Crippen molar-refractivity contribution >= 4 is 23.5 Å². The molecule has 154 valence electrons. The number of anilines is 1. The smallest absolute Gasteiger partial charge is 0.308 e. The molecule has 0 radical (unpaired) electrons. The molecular weight excluding hydrogens is 362 g/mol. The summed E-state index contributed by atoms with van der Waals surface area (Å²) in [5, 5.41) is 5.78. The third-order valence-electron chi connectivity index (χ3n) is 4.16. The van der Waals surface area contributed by atoms with Crippen molar-refractivity contribution in [1.29, 1.82) is 0 Å². The quantitative estimate of drug-likeness (QED) is 0.620. The molecule has 8 heteroatoms.